The van der Waals surface area contributed by atoms with E-state index in [1.165, 1.54) is 24.3 Å². The van der Waals surface area contributed by atoms with Crippen LogP contribution in [0, 0.1) is 11.6 Å². The number of halogens is 2. The van der Waals surface area contributed by atoms with Gasteiger partial charge in [-0.1, -0.05) is 12.1 Å². The number of nitrogens with zero attached hydrogens (tertiary/aromatic N) is 2. The van der Waals surface area contributed by atoms with E-state index in [-0.39, 0.29) is 30.5 Å². The molecule has 3 aromatic carbocycles. The van der Waals surface area contributed by atoms with Crippen LogP contribution < -0.4 is 10.1 Å². The van der Waals surface area contributed by atoms with Crippen molar-refractivity contribution < 1.29 is 18.3 Å². The number of amides is 1. The summed E-state index contributed by atoms with van der Waals surface area (Å²) in [6, 6.07) is 21.7. The van der Waals surface area contributed by atoms with E-state index in [1.807, 2.05) is 30.3 Å². The zero-order valence-electron chi connectivity index (χ0n) is 18.1. The van der Waals surface area contributed by atoms with Gasteiger partial charge in [-0.2, -0.15) is 5.10 Å². The second-order valence-electron chi connectivity index (χ2n) is 7.54. The van der Waals surface area contributed by atoms with E-state index in [0.29, 0.717) is 12.0 Å². The Morgan fingerprint density at radius 1 is 0.970 bits per heavy atom. The zero-order chi connectivity index (χ0) is 23.2. The number of carbonyl (C=O) groups excluding carboxylic acids is 1. The van der Waals surface area contributed by atoms with Crippen LogP contribution in [0.3, 0.4) is 0 Å². The molecule has 0 spiro atoms. The first kappa shape index (κ1) is 22.2. The summed E-state index contributed by atoms with van der Waals surface area (Å²) in [6.07, 6.45) is 0.657. The minimum absolute atomic E-state index is 0.151. The number of rotatable bonds is 8. The summed E-state index contributed by atoms with van der Waals surface area (Å²) in [5, 5.41) is 7.49. The first-order chi connectivity index (χ1) is 16.0. The van der Waals surface area contributed by atoms with Crippen molar-refractivity contribution in [3.8, 4) is 22.7 Å². The Hall–Kier alpha value is -4.00. The normalized spacial score (nSPS) is 10.8. The molecule has 1 aromatic heterocycles. The van der Waals surface area contributed by atoms with Crippen LogP contribution in [0.5, 0.6) is 5.75 Å². The molecule has 1 amide bonds. The Bertz CT molecular complexity index is 1240. The second-order valence-corrected chi connectivity index (χ2v) is 7.54. The van der Waals surface area contributed by atoms with Gasteiger partial charge in [0, 0.05) is 24.9 Å². The van der Waals surface area contributed by atoms with Crippen molar-refractivity contribution in [1.82, 2.24) is 15.1 Å². The summed E-state index contributed by atoms with van der Waals surface area (Å²) in [5.74, 6) is -0.0744. The highest BCUT2D eigenvalue weighted by Crippen LogP contribution is 2.26. The number of nitrogens with one attached hydrogen (secondary N) is 1. The van der Waals surface area contributed by atoms with E-state index in [4.69, 9.17) is 4.74 Å². The summed E-state index contributed by atoms with van der Waals surface area (Å²) in [6.45, 7) is 0.262. The van der Waals surface area contributed by atoms with Crippen LogP contribution in [0.1, 0.15) is 17.7 Å². The molecule has 0 fully saturated rings. The molecule has 0 bridgehead atoms. The predicted molar refractivity (Wildman–Crippen MR) is 122 cm³/mol. The van der Waals surface area contributed by atoms with Gasteiger partial charge in [-0.15, -0.1) is 0 Å². The van der Waals surface area contributed by atoms with E-state index in [0.717, 1.165) is 28.4 Å². The van der Waals surface area contributed by atoms with E-state index in [9.17, 15) is 13.6 Å². The molecule has 0 saturated carbocycles. The van der Waals surface area contributed by atoms with Crippen LogP contribution in [-0.2, 0) is 17.8 Å². The van der Waals surface area contributed by atoms with Gasteiger partial charge in [0.2, 0.25) is 5.91 Å². The Morgan fingerprint density at radius 3 is 2.42 bits per heavy atom. The van der Waals surface area contributed by atoms with Gasteiger partial charge in [0.15, 0.2) is 0 Å². The highest BCUT2D eigenvalue weighted by molar-refractivity contribution is 5.76. The number of aryl methyl sites for hydroxylation is 1. The number of ether oxygens (including phenoxy) is 1. The molecule has 0 saturated heterocycles. The van der Waals surface area contributed by atoms with Crippen molar-refractivity contribution in [3.63, 3.8) is 0 Å². The molecule has 0 aliphatic carbocycles. The number of methoxy groups -OCH3 is 1. The topological polar surface area (TPSA) is 56.2 Å². The summed E-state index contributed by atoms with van der Waals surface area (Å²) in [4.78, 5) is 12.3. The molecule has 1 heterocycles. The van der Waals surface area contributed by atoms with Crippen LogP contribution in [0.4, 0.5) is 8.78 Å². The molecule has 168 valence electrons. The maximum absolute atomic E-state index is 13.4. The second kappa shape index (κ2) is 10.1. The van der Waals surface area contributed by atoms with E-state index >= 15 is 0 Å². The molecule has 5 nitrogen and oxygen atoms in total. The van der Waals surface area contributed by atoms with Gasteiger partial charge in [0.25, 0.3) is 0 Å². The Balaban J connectivity index is 1.50. The fourth-order valence-corrected chi connectivity index (χ4v) is 3.48. The van der Waals surface area contributed by atoms with Crippen LogP contribution >= 0.6 is 0 Å². The number of benzene rings is 3. The third kappa shape index (κ3) is 5.63. The first-order valence-electron chi connectivity index (χ1n) is 10.5. The van der Waals surface area contributed by atoms with Gasteiger partial charge < -0.3 is 10.1 Å². The van der Waals surface area contributed by atoms with Gasteiger partial charge >= 0.3 is 0 Å². The summed E-state index contributed by atoms with van der Waals surface area (Å²) >= 11 is 0. The molecule has 0 radical (unpaired) electrons. The summed E-state index contributed by atoms with van der Waals surface area (Å²) in [7, 11) is 1.60. The van der Waals surface area contributed by atoms with Crippen molar-refractivity contribution in [2.45, 2.75) is 19.4 Å². The van der Waals surface area contributed by atoms with Crippen LogP contribution in [0.25, 0.3) is 16.9 Å². The molecule has 0 unspecified atom stereocenters. The van der Waals surface area contributed by atoms with Gasteiger partial charge in [-0.05, 0) is 72.3 Å². The van der Waals surface area contributed by atoms with Gasteiger partial charge in [-0.3, -0.25) is 4.79 Å². The van der Waals surface area contributed by atoms with Crippen LogP contribution in [-0.4, -0.2) is 22.8 Å². The quantitative estimate of drug-likeness (QED) is 0.410. The molecule has 0 aliphatic heterocycles. The third-order valence-corrected chi connectivity index (χ3v) is 5.20. The Kier molecular flexibility index (Phi) is 6.78. The maximum atomic E-state index is 13.4. The SMILES string of the molecule is COc1ccc(-n2nc(CCC(=O)NCc3cccc(F)c3)cc2-c2ccc(F)cc2)cc1. The van der Waals surface area contributed by atoms with Crippen molar-refractivity contribution in [1.29, 1.82) is 0 Å². The lowest BCUT2D eigenvalue weighted by atomic mass is 10.1. The van der Waals surface area contributed by atoms with Crippen molar-refractivity contribution >= 4 is 5.91 Å². The molecule has 4 aromatic rings. The fraction of sp³-hybridized carbons (Fsp3) is 0.154. The van der Waals surface area contributed by atoms with Gasteiger partial charge in [0.1, 0.15) is 17.4 Å². The minimum Gasteiger partial charge on any atom is -0.497 e. The maximum Gasteiger partial charge on any atom is 0.220 e. The predicted octanol–water partition coefficient (Wildman–Crippen LogP) is 5.08. The van der Waals surface area contributed by atoms with E-state index < -0.39 is 0 Å². The molecular weight excluding hydrogens is 424 g/mol. The van der Waals surface area contributed by atoms with E-state index in [2.05, 4.69) is 10.4 Å². The van der Waals surface area contributed by atoms with E-state index in [1.54, 1.807) is 36.1 Å². The molecular formula is C26H23F2N3O2. The summed E-state index contributed by atoms with van der Waals surface area (Å²) in [5.41, 5.74) is 3.84. The van der Waals surface area contributed by atoms with Gasteiger partial charge in [0.05, 0.1) is 24.2 Å². The lowest BCUT2D eigenvalue weighted by molar-refractivity contribution is -0.121. The average molecular weight is 447 g/mol. The molecule has 33 heavy (non-hydrogen) atoms. The Morgan fingerprint density at radius 2 is 1.73 bits per heavy atom. The molecule has 1 N–H and O–H groups in total. The highest BCUT2D eigenvalue weighted by Gasteiger charge is 2.14. The first-order valence-corrected chi connectivity index (χ1v) is 10.5. The number of hydrogen-bond acceptors (Lipinski definition) is 3. The lowest BCUT2D eigenvalue weighted by Crippen LogP contribution is -2.23. The van der Waals surface area contributed by atoms with Crippen LogP contribution in [0.2, 0.25) is 0 Å². The average Bonchev–Trinajstić information content (AvgIpc) is 3.26. The smallest absolute Gasteiger partial charge is 0.220 e. The fourth-order valence-electron chi connectivity index (χ4n) is 3.48. The molecule has 0 atom stereocenters. The third-order valence-electron chi connectivity index (χ3n) is 5.20. The van der Waals surface area contributed by atoms with Crippen molar-refractivity contribution in [3.05, 3.63) is 102 Å². The molecule has 7 heteroatoms. The minimum atomic E-state index is -0.334. The number of aromatic nitrogens is 2. The van der Waals surface area contributed by atoms with Gasteiger partial charge in [-0.25, -0.2) is 13.5 Å². The largest absolute Gasteiger partial charge is 0.497 e. The Labute approximate surface area is 190 Å². The van der Waals surface area contributed by atoms with Crippen molar-refractivity contribution in [2.75, 3.05) is 7.11 Å². The highest BCUT2D eigenvalue weighted by atomic mass is 19.1. The van der Waals surface area contributed by atoms with Crippen LogP contribution in [0.15, 0.2) is 78.9 Å². The zero-order valence-corrected chi connectivity index (χ0v) is 18.1. The summed E-state index contributed by atoms with van der Waals surface area (Å²) < 4.78 is 33.7. The molecule has 0 aliphatic rings. The standard InChI is InChI=1S/C26H23F2N3O2/c1-33-24-12-10-23(11-13-24)31-25(19-5-7-20(27)8-6-19)16-22(30-31)9-14-26(32)29-17-18-3-2-4-21(28)15-18/h2-8,10-13,15-16H,9,14,17H2,1H3,(H,29,32). The molecule has 4 rings (SSSR count). The lowest BCUT2D eigenvalue weighted by Gasteiger charge is -2.08. The van der Waals surface area contributed by atoms with Crippen molar-refractivity contribution in [2.24, 2.45) is 0 Å². The number of hydrogen-bond donors (Lipinski definition) is 1. The number of carbonyl (C=O) groups is 1. The monoisotopic (exact) mass is 447 g/mol.